The lowest BCUT2D eigenvalue weighted by atomic mass is 10.1. The summed E-state index contributed by atoms with van der Waals surface area (Å²) in [5, 5.41) is 8.59. The summed E-state index contributed by atoms with van der Waals surface area (Å²) in [7, 11) is 1.77. The molecule has 0 atom stereocenters. The van der Waals surface area contributed by atoms with Crippen LogP contribution in [-0.4, -0.2) is 19.2 Å². The lowest BCUT2D eigenvalue weighted by Crippen LogP contribution is -2.18. The maximum Gasteiger partial charge on any atom is 0.253 e. The molecule has 4 rings (SSSR count). The molecule has 0 radical (unpaired) electrons. The van der Waals surface area contributed by atoms with Crippen LogP contribution in [0.5, 0.6) is 0 Å². The number of nitrogens with zero attached hydrogens (tertiary/aromatic N) is 4. The molecule has 0 aliphatic heterocycles. The Hall–Kier alpha value is -3.21. The van der Waals surface area contributed by atoms with E-state index in [1.165, 1.54) is 5.56 Å². The normalized spacial score (nSPS) is 11.1. The maximum atomic E-state index is 11.9. The van der Waals surface area contributed by atoms with Crippen molar-refractivity contribution < 1.29 is 0 Å². The number of benzene rings is 1. The molecule has 0 unspecified atom stereocenters. The van der Waals surface area contributed by atoms with E-state index in [1.54, 1.807) is 11.6 Å². The summed E-state index contributed by atoms with van der Waals surface area (Å²) in [5.74, 6) is 0.893. The Morgan fingerprint density at radius 3 is 2.52 bits per heavy atom. The summed E-state index contributed by atoms with van der Waals surface area (Å²) in [6, 6.07) is 16.1. The first-order valence-corrected chi connectivity index (χ1v) is 8.17. The Kier molecular flexibility index (Phi) is 3.69. The highest BCUT2D eigenvalue weighted by molar-refractivity contribution is 5.64. The molecule has 5 heteroatoms. The van der Waals surface area contributed by atoms with Crippen molar-refractivity contribution in [2.24, 2.45) is 7.05 Å². The minimum Gasteiger partial charge on any atom is -0.318 e. The van der Waals surface area contributed by atoms with Gasteiger partial charge in [0.1, 0.15) is 5.82 Å². The summed E-state index contributed by atoms with van der Waals surface area (Å²) in [6.07, 6.45) is 4.61. The second-order valence-electron chi connectivity index (χ2n) is 6.25. The van der Waals surface area contributed by atoms with E-state index in [9.17, 15) is 4.79 Å². The van der Waals surface area contributed by atoms with Gasteiger partial charge in [-0.25, -0.2) is 0 Å². The Morgan fingerprint density at radius 2 is 1.76 bits per heavy atom. The second-order valence-corrected chi connectivity index (χ2v) is 6.25. The monoisotopic (exact) mass is 330 g/mol. The third kappa shape index (κ3) is 2.85. The van der Waals surface area contributed by atoms with Crippen LogP contribution in [0.2, 0.25) is 0 Å². The van der Waals surface area contributed by atoms with Gasteiger partial charge in [0.15, 0.2) is 5.65 Å². The molecule has 5 nitrogen and oxygen atoms in total. The molecule has 3 aromatic heterocycles. The molecule has 0 spiro atoms. The highest BCUT2D eigenvalue weighted by atomic mass is 16.1. The molecule has 0 saturated heterocycles. The molecule has 0 fully saturated rings. The molecule has 0 aliphatic rings. The van der Waals surface area contributed by atoms with Crippen LogP contribution >= 0.6 is 0 Å². The average Bonchev–Trinajstić information content (AvgIpc) is 3.02. The van der Waals surface area contributed by atoms with Crippen LogP contribution in [0.25, 0.3) is 16.8 Å². The molecular weight excluding hydrogens is 312 g/mol. The summed E-state index contributed by atoms with van der Waals surface area (Å²) in [6.45, 7) is 1.84. The van der Waals surface area contributed by atoms with E-state index in [0.717, 1.165) is 34.6 Å². The van der Waals surface area contributed by atoms with Crippen molar-refractivity contribution in [2.45, 2.75) is 13.3 Å². The summed E-state index contributed by atoms with van der Waals surface area (Å²) in [5.41, 5.74) is 4.80. The number of aryl methyl sites for hydroxylation is 2. The standard InChI is InChI=1S/C20H18N4O/c1-14-10-17(12-23(2)20(14)25)16-8-9-18-21-22-19(24(18)13-16)11-15-6-4-3-5-7-15/h3-10,12-13H,11H2,1-2H3. The molecule has 0 amide bonds. The molecule has 1 aromatic carbocycles. The van der Waals surface area contributed by atoms with E-state index < -0.39 is 0 Å². The molecule has 0 saturated carbocycles. The van der Waals surface area contributed by atoms with Gasteiger partial charge in [-0.2, -0.15) is 0 Å². The smallest absolute Gasteiger partial charge is 0.253 e. The van der Waals surface area contributed by atoms with Gasteiger partial charge in [-0.3, -0.25) is 9.20 Å². The highest BCUT2D eigenvalue weighted by Crippen LogP contribution is 2.20. The number of hydrogen-bond acceptors (Lipinski definition) is 3. The lowest BCUT2D eigenvalue weighted by Gasteiger charge is -2.08. The number of rotatable bonds is 3. The van der Waals surface area contributed by atoms with Gasteiger partial charge in [0.05, 0.1) is 0 Å². The lowest BCUT2D eigenvalue weighted by molar-refractivity contribution is 0.850. The van der Waals surface area contributed by atoms with Crippen molar-refractivity contribution in [3.8, 4) is 11.1 Å². The molecule has 0 aliphatic carbocycles. The molecule has 0 bridgehead atoms. The first-order valence-electron chi connectivity index (χ1n) is 8.17. The van der Waals surface area contributed by atoms with Crippen LogP contribution in [0.3, 0.4) is 0 Å². The molecule has 0 N–H and O–H groups in total. The maximum absolute atomic E-state index is 11.9. The molecule has 4 aromatic rings. The quantitative estimate of drug-likeness (QED) is 0.580. The van der Waals surface area contributed by atoms with Crippen LogP contribution < -0.4 is 5.56 Å². The minimum atomic E-state index is 0.0268. The minimum absolute atomic E-state index is 0.0268. The molecule has 25 heavy (non-hydrogen) atoms. The van der Waals surface area contributed by atoms with Gasteiger partial charge in [0.25, 0.3) is 5.56 Å². The Balaban J connectivity index is 1.80. The van der Waals surface area contributed by atoms with E-state index in [4.69, 9.17) is 0 Å². The summed E-state index contributed by atoms with van der Waals surface area (Å²) in [4.78, 5) is 11.9. The molecule has 124 valence electrons. The largest absolute Gasteiger partial charge is 0.318 e. The van der Waals surface area contributed by atoms with Crippen molar-refractivity contribution in [3.63, 3.8) is 0 Å². The predicted octanol–water partition coefficient (Wildman–Crippen LogP) is 2.99. The number of aromatic nitrogens is 4. The van der Waals surface area contributed by atoms with Crippen LogP contribution in [0.15, 0.2) is 65.7 Å². The fourth-order valence-electron chi connectivity index (χ4n) is 3.04. The van der Waals surface area contributed by atoms with Crippen LogP contribution in [-0.2, 0) is 13.5 Å². The van der Waals surface area contributed by atoms with E-state index in [0.29, 0.717) is 0 Å². The van der Waals surface area contributed by atoms with Gasteiger partial charge in [0.2, 0.25) is 0 Å². The van der Waals surface area contributed by atoms with E-state index in [2.05, 4.69) is 22.3 Å². The van der Waals surface area contributed by atoms with Gasteiger partial charge in [-0.1, -0.05) is 30.3 Å². The zero-order valence-electron chi connectivity index (χ0n) is 14.2. The SMILES string of the molecule is Cc1cc(-c2ccc3nnc(Cc4ccccc4)n3c2)cn(C)c1=O. The van der Waals surface area contributed by atoms with Crippen molar-refractivity contribution in [1.29, 1.82) is 0 Å². The highest BCUT2D eigenvalue weighted by Gasteiger charge is 2.09. The first kappa shape index (κ1) is 15.3. The van der Waals surface area contributed by atoms with E-state index >= 15 is 0 Å². The zero-order valence-corrected chi connectivity index (χ0v) is 14.2. The Bertz CT molecular complexity index is 1080. The van der Waals surface area contributed by atoms with Crippen LogP contribution in [0.4, 0.5) is 0 Å². The van der Waals surface area contributed by atoms with Crippen LogP contribution in [0, 0.1) is 6.92 Å². The topological polar surface area (TPSA) is 52.2 Å². The Labute approximate surface area is 145 Å². The average molecular weight is 330 g/mol. The summed E-state index contributed by atoms with van der Waals surface area (Å²) < 4.78 is 3.63. The number of hydrogen-bond donors (Lipinski definition) is 0. The molecular formula is C20H18N4O. The predicted molar refractivity (Wildman–Crippen MR) is 97.6 cm³/mol. The van der Waals surface area contributed by atoms with Gasteiger partial charge < -0.3 is 4.57 Å². The third-order valence-corrected chi connectivity index (χ3v) is 4.37. The van der Waals surface area contributed by atoms with Gasteiger partial charge >= 0.3 is 0 Å². The van der Waals surface area contributed by atoms with Crippen molar-refractivity contribution in [2.75, 3.05) is 0 Å². The van der Waals surface area contributed by atoms with E-state index in [1.807, 2.05) is 60.1 Å². The zero-order chi connectivity index (χ0) is 17.4. The van der Waals surface area contributed by atoms with Crippen molar-refractivity contribution in [1.82, 2.24) is 19.2 Å². The van der Waals surface area contributed by atoms with Gasteiger partial charge in [-0.15, -0.1) is 10.2 Å². The van der Waals surface area contributed by atoms with Gasteiger partial charge in [-0.05, 0) is 41.8 Å². The number of fused-ring (bicyclic) bond motifs is 1. The third-order valence-electron chi connectivity index (χ3n) is 4.37. The van der Waals surface area contributed by atoms with Crippen molar-refractivity contribution >= 4 is 5.65 Å². The number of pyridine rings is 2. The fraction of sp³-hybridized carbons (Fsp3) is 0.150. The van der Waals surface area contributed by atoms with E-state index in [-0.39, 0.29) is 5.56 Å². The second kappa shape index (κ2) is 6.02. The van der Waals surface area contributed by atoms with Gasteiger partial charge in [0, 0.05) is 31.4 Å². The van der Waals surface area contributed by atoms with Crippen LogP contribution in [0.1, 0.15) is 17.0 Å². The van der Waals surface area contributed by atoms with Crippen molar-refractivity contribution in [3.05, 3.63) is 88.2 Å². The molecule has 3 heterocycles. The Morgan fingerprint density at radius 1 is 0.960 bits per heavy atom. The fourth-order valence-corrected chi connectivity index (χ4v) is 3.04. The first-order chi connectivity index (χ1) is 12.1. The summed E-state index contributed by atoms with van der Waals surface area (Å²) >= 11 is 0.